The van der Waals surface area contributed by atoms with Crippen LogP contribution in [0.3, 0.4) is 0 Å². The van der Waals surface area contributed by atoms with Crippen LogP contribution in [0.1, 0.15) is 63.6 Å². The number of hydrogen-bond acceptors (Lipinski definition) is 4. The number of nitrogens with one attached hydrogen (secondary N) is 1. The molecule has 2 rings (SSSR count). The van der Waals surface area contributed by atoms with Crippen LogP contribution in [0.15, 0.2) is 17.0 Å². The molecule has 0 saturated carbocycles. The first-order valence-electron chi connectivity index (χ1n) is 7.58. The first-order valence-corrected chi connectivity index (χ1v) is 8.46. The Bertz CT molecular complexity index is 457. The molecule has 1 unspecified atom stereocenters. The monoisotopic (exact) mass is 293 g/mol. The van der Waals surface area contributed by atoms with Crippen LogP contribution < -0.4 is 11.3 Å². The van der Waals surface area contributed by atoms with Gasteiger partial charge in [0.2, 0.25) is 0 Å². The van der Waals surface area contributed by atoms with Gasteiger partial charge in [-0.25, -0.2) is 4.98 Å². The fourth-order valence-corrected chi connectivity index (χ4v) is 3.66. The van der Waals surface area contributed by atoms with E-state index in [1.165, 1.54) is 36.4 Å². The summed E-state index contributed by atoms with van der Waals surface area (Å²) in [5.74, 6) is 5.73. The van der Waals surface area contributed by atoms with Gasteiger partial charge >= 0.3 is 0 Å². The standard InChI is InChI=1S/C16H27N3S/c1-16(2,3)14-11-20-15(18-14)10-13(19-17)9-12-7-5-4-6-8-12/h7,11,13,19H,4-6,8-10,17H2,1-3H3. The summed E-state index contributed by atoms with van der Waals surface area (Å²) in [6, 6.07) is 0.304. The third kappa shape index (κ3) is 4.40. The van der Waals surface area contributed by atoms with Gasteiger partial charge in [0, 0.05) is 23.3 Å². The van der Waals surface area contributed by atoms with Crippen molar-refractivity contribution < 1.29 is 0 Å². The largest absolute Gasteiger partial charge is 0.271 e. The SMILES string of the molecule is CC(C)(C)c1csc(CC(CC2=CCCCC2)NN)n1. The lowest BCUT2D eigenvalue weighted by Gasteiger charge is -2.19. The van der Waals surface area contributed by atoms with Crippen LogP contribution in [0.4, 0.5) is 0 Å². The van der Waals surface area contributed by atoms with Crippen molar-refractivity contribution in [2.45, 2.75) is 70.8 Å². The van der Waals surface area contributed by atoms with E-state index in [2.05, 4.69) is 37.7 Å². The fraction of sp³-hybridized carbons (Fsp3) is 0.688. The van der Waals surface area contributed by atoms with Gasteiger partial charge in [-0.2, -0.15) is 0 Å². The summed E-state index contributed by atoms with van der Waals surface area (Å²) in [6.45, 7) is 6.62. The van der Waals surface area contributed by atoms with Gasteiger partial charge in [0.05, 0.1) is 10.7 Å². The molecule has 0 radical (unpaired) electrons. The highest BCUT2D eigenvalue weighted by molar-refractivity contribution is 7.09. The molecule has 3 N–H and O–H groups in total. The highest BCUT2D eigenvalue weighted by Crippen LogP contribution is 2.26. The normalized spacial score (nSPS) is 17.9. The lowest BCUT2D eigenvalue weighted by atomic mass is 9.93. The van der Waals surface area contributed by atoms with Crippen LogP contribution in [0.25, 0.3) is 0 Å². The zero-order valence-electron chi connectivity index (χ0n) is 12.9. The summed E-state index contributed by atoms with van der Waals surface area (Å²) < 4.78 is 0. The zero-order valence-corrected chi connectivity index (χ0v) is 13.7. The first-order chi connectivity index (χ1) is 9.49. The molecular weight excluding hydrogens is 266 g/mol. The number of hydrazine groups is 1. The van der Waals surface area contributed by atoms with Crippen LogP contribution in [-0.4, -0.2) is 11.0 Å². The molecule has 0 aliphatic heterocycles. The zero-order chi connectivity index (χ0) is 14.6. The second kappa shape index (κ2) is 6.83. The number of thiazole rings is 1. The van der Waals surface area contributed by atoms with E-state index in [0.717, 1.165) is 12.8 Å². The Morgan fingerprint density at radius 1 is 1.35 bits per heavy atom. The Hall–Kier alpha value is -0.710. The summed E-state index contributed by atoms with van der Waals surface area (Å²) in [7, 11) is 0. The maximum atomic E-state index is 5.73. The Labute approximate surface area is 126 Å². The maximum absolute atomic E-state index is 5.73. The number of nitrogens with zero attached hydrogens (tertiary/aromatic N) is 1. The predicted molar refractivity (Wildman–Crippen MR) is 86.8 cm³/mol. The van der Waals surface area contributed by atoms with E-state index < -0.39 is 0 Å². The molecule has 3 nitrogen and oxygen atoms in total. The van der Waals surface area contributed by atoms with Crippen molar-refractivity contribution in [1.82, 2.24) is 10.4 Å². The van der Waals surface area contributed by atoms with Gasteiger partial charge in [-0.3, -0.25) is 11.3 Å². The van der Waals surface area contributed by atoms with Crippen LogP contribution in [0.5, 0.6) is 0 Å². The van der Waals surface area contributed by atoms with Crippen LogP contribution in [0.2, 0.25) is 0 Å². The van der Waals surface area contributed by atoms with Crippen LogP contribution in [0, 0.1) is 0 Å². The molecule has 1 aliphatic rings. The topological polar surface area (TPSA) is 50.9 Å². The summed E-state index contributed by atoms with van der Waals surface area (Å²) in [5.41, 5.74) is 5.85. The molecule has 1 heterocycles. The Morgan fingerprint density at radius 2 is 2.15 bits per heavy atom. The average molecular weight is 293 g/mol. The number of aromatic nitrogens is 1. The smallest absolute Gasteiger partial charge is 0.0944 e. The molecule has 0 amide bonds. The molecule has 0 spiro atoms. The predicted octanol–water partition coefficient (Wildman–Crippen LogP) is 3.71. The fourth-order valence-electron chi connectivity index (χ4n) is 2.56. The average Bonchev–Trinajstić information content (AvgIpc) is 2.87. The second-order valence-corrected chi connectivity index (χ2v) is 7.70. The minimum absolute atomic E-state index is 0.131. The molecule has 20 heavy (non-hydrogen) atoms. The van der Waals surface area contributed by atoms with E-state index in [9.17, 15) is 0 Å². The number of nitrogens with two attached hydrogens (primary N) is 1. The molecule has 0 fully saturated rings. The molecule has 0 saturated heterocycles. The van der Waals surface area contributed by atoms with E-state index in [4.69, 9.17) is 10.8 Å². The third-order valence-corrected chi connectivity index (χ3v) is 4.74. The lowest BCUT2D eigenvalue weighted by molar-refractivity contribution is 0.501. The summed E-state index contributed by atoms with van der Waals surface area (Å²) in [4.78, 5) is 4.77. The summed E-state index contributed by atoms with van der Waals surface area (Å²) in [6.07, 6.45) is 9.52. The Kier molecular flexibility index (Phi) is 5.35. The van der Waals surface area contributed by atoms with Gasteiger partial charge in [-0.15, -0.1) is 11.3 Å². The van der Waals surface area contributed by atoms with Crippen molar-refractivity contribution in [3.05, 3.63) is 27.7 Å². The van der Waals surface area contributed by atoms with Crippen molar-refractivity contribution >= 4 is 11.3 Å². The van der Waals surface area contributed by atoms with Gasteiger partial charge in [0.15, 0.2) is 0 Å². The molecular formula is C16H27N3S. The number of allylic oxidation sites excluding steroid dienone is 1. The molecule has 1 aliphatic carbocycles. The van der Waals surface area contributed by atoms with E-state index in [0.29, 0.717) is 6.04 Å². The maximum Gasteiger partial charge on any atom is 0.0944 e. The van der Waals surface area contributed by atoms with Gasteiger partial charge in [0.25, 0.3) is 0 Å². The molecule has 0 bridgehead atoms. The lowest BCUT2D eigenvalue weighted by Crippen LogP contribution is -2.37. The van der Waals surface area contributed by atoms with Gasteiger partial charge in [-0.1, -0.05) is 32.4 Å². The third-order valence-electron chi connectivity index (χ3n) is 3.87. The number of rotatable bonds is 5. The molecule has 1 aromatic heterocycles. The molecule has 1 atom stereocenters. The summed E-state index contributed by atoms with van der Waals surface area (Å²) in [5, 5.41) is 3.37. The summed E-state index contributed by atoms with van der Waals surface area (Å²) >= 11 is 1.76. The Balaban J connectivity index is 1.95. The molecule has 1 aromatic rings. The van der Waals surface area contributed by atoms with Crippen molar-refractivity contribution in [2.24, 2.45) is 5.84 Å². The van der Waals surface area contributed by atoms with E-state index >= 15 is 0 Å². The van der Waals surface area contributed by atoms with Crippen molar-refractivity contribution in [3.63, 3.8) is 0 Å². The van der Waals surface area contributed by atoms with E-state index in [1.807, 2.05) is 0 Å². The van der Waals surface area contributed by atoms with E-state index in [1.54, 1.807) is 16.9 Å². The van der Waals surface area contributed by atoms with Crippen molar-refractivity contribution in [3.8, 4) is 0 Å². The van der Waals surface area contributed by atoms with Gasteiger partial charge < -0.3 is 0 Å². The molecule has 112 valence electrons. The van der Waals surface area contributed by atoms with Crippen LogP contribution >= 0.6 is 11.3 Å². The van der Waals surface area contributed by atoms with Crippen LogP contribution in [-0.2, 0) is 11.8 Å². The van der Waals surface area contributed by atoms with E-state index in [-0.39, 0.29) is 5.41 Å². The minimum atomic E-state index is 0.131. The quantitative estimate of drug-likeness (QED) is 0.494. The molecule has 0 aromatic carbocycles. The first kappa shape index (κ1) is 15.7. The Morgan fingerprint density at radius 3 is 2.70 bits per heavy atom. The van der Waals surface area contributed by atoms with Gasteiger partial charge in [-0.05, 0) is 32.1 Å². The minimum Gasteiger partial charge on any atom is -0.271 e. The second-order valence-electron chi connectivity index (χ2n) is 6.76. The molecule has 4 heteroatoms. The number of hydrogen-bond donors (Lipinski definition) is 2. The van der Waals surface area contributed by atoms with Crippen molar-refractivity contribution in [2.75, 3.05) is 0 Å². The van der Waals surface area contributed by atoms with Crippen molar-refractivity contribution in [1.29, 1.82) is 0 Å². The highest BCUT2D eigenvalue weighted by atomic mass is 32.1. The van der Waals surface area contributed by atoms with Gasteiger partial charge in [0.1, 0.15) is 0 Å². The highest BCUT2D eigenvalue weighted by Gasteiger charge is 2.19.